The van der Waals surface area contributed by atoms with Gasteiger partial charge in [0.25, 0.3) is 0 Å². The summed E-state index contributed by atoms with van der Waals surface area (Å²) < 4.78 is 15.1. The van der Waals surface area contributed by atoms with Gasteiger partial charge in [-0.1, -0.05) is 18.6 Å². The molecule has 124 valence electrons. The van der Waals surface area contributed by atoms with Gasteiger partial charge in [0.1, 0.15) is 11.5 Å². The van der Waals surface area contributed by atoms with Crippen molar-refractivity contribution in [2.75, 3.05) is 11.9 Å². The molecule has 0 saturated heterocycles. The van der Waals surface area contributed by atoms with Crippen LogP contribution in [0.3, 0.4) is 0 Å². The average Bonchev–Trinajstić information content (AvgIpc) is 3.16. The van der Waals surface area contributed by atoms with Gasteiger partial charge in [0.2, 0.25) is 5.91 Å². The van der Waals surface area contributed by atoms with Crippen molar-refractivity contribution in [2.45, 2.75) is 19.3 Å². The Morgan fingerprint density at radius 2 is 2.17 bits per heavy atom. The van der Waals surface area contributed by atoms with Gasteiger partial charge in [-0.3, -0.25) is 4.79 Å². The van der Waals surface area contributed by atoms with Crippen LogP contribution in [0.25, 0.3) is 5.69 Å². The first-order valence-electron chi connectivity index (χ1n) is 7.49. The summed E-state index contributed by atoms with van der Waals surface area (Å²) in [5, 5.41) is 6.96. The van der Waals surface area contributed by atoms with Crippen LogP contribution in [-0.4, -0.2) is 22.2 Å². The summed E-state index contributed by atoms with van der Waals surface area (Å²) in [4.78, 5) is 12.3. The molecule has 0 spiro atoms. The molecule has 1 aliphatic carbocycles. The van der Waals surface area contributed by atoms with E-state index in [1.165, 1.54) is 16.9 Å². The average molecular weight is 339 g/mol. The summed E-state index contributed by atoms with van der Waals surface area (Å²) in [5.41, 5.74) is 6.63. The van der Waals surface area contributed by atoms with Crippen molar-refractivity contribution >= 4 is 24.0 Å². The summed E-state index contributed by atoms with van der Waals surface area (Å²) >= 11 is 0. The van der Waals surface area contributed by atoms with Crippen molar-refractivity contribution in [2.24, 2.45) is 17.6 Å². The number of anilines is 1. The van der Waals surface area contributed by atoms with E-state index in [2.05, 4.69) is 10.4 Å². The number of nitrogens with one attached hydrogen (secondary N) is 1. The Labute approximate surface area is 140 Å². The van der Waals surface area contributed by atoms with Gasteiger partial charge in [-0.15, -0.1) is 12.4 Å². The lowest BCUT2D eigenvalue weighted by Crippen LogP contribution is -2.29. The van der Waals surface area contributed by atoms with Gasteiger partial charge >= 0.3 is 0 Å². The number of amides is 1. The first-order chi connectivity index (χ1) is 10.7. The lowest BCUT2D eigenvalue weighted by Gasteiger charge is -2.16. The van der Waals surface area contributed by atoms with Crippen LogP contribution in [0.2, 0.25) is 0 Å². The number of benzene rings is 1. The SMILES string of the molecule is Cl.NC[C@H]1CCC[C@H]1C(=O)Nc1cnn(-c2ccccc2F)c1. The number of nitrogens with zero attached hydrogens (tertiary/aromatic N) is 2. The number of para-hydroxylation sites is 1. The Kier molecular flexibility index (Phi) is 5.74. The molecule has 1 aromatic heterocycles. The normalized spacial score (nSPS) is 20.1. The molecule has 1 aromatic carbocycles. The quantitative estimate of drug-likeness (QED) is 0.900. The van der Waals surface area contributed by atoms with Crippen molar-refractivity contribution in [1.82, 2.24) is 9.78 Å². The van der Waals surface area contributed by atoms with Crippen LogP contribution < -0.4 is 11.1 Å². The number of nitrogens with two attached hydrogens (primary N) is 1. The van der Waals surface area contributed by atoms with Crippen LogP contribution in [0, 0.1) is 17.7 Å². The molecule has 23 heavy (non-hydrogen) atoms. The lowest BCUT2D eigenvalue weighted by molar-refractivity contribution is -0.120. The maximum Gasteiger partial charge on any atom is 0.227 e. The van der Waals surface area contributed by atoms with Crippen molar-refractivity contribution in [3.8, 4) is 5.69 Å². The topological polar surface area (TPSA) is 72.9 Å². The van der Waals surface area contributed by atoms with Gasteiger partial charge in [-0.05, 0) is 37.4 Å². The molecule has 2 aromatic rings. The number of carbonyl (C=O) groups excluding carboxylic acids is 1. The minimum absolute atomic E-state index is 0. The molecule has 1 heterocycles. The zero-order valence-corrected chi connectivity index (χ0v) is 13.4. The van der Waals surface area contributed by atoms with Crippen molar-refractivity contribution < 1.29 is 9.18 Å². The second kappa shape index (κ2) is 7.57. The van der Waals surface area contributed by atoms with E-state index in [0.717, 1.165) is 19.3 Å². The van der Waals surface area contributed by atoms with Gasteiger partial charge in [0.15, 0.2) is 0 Å². The highest BCUT2D eigenvalue weighted by molar-refractivity contribution is 5.92. The largest absolute Gasteiger partial charge is 0.330 e. The minimum Gasteiger partial charge on any atom is -0.330 e. The minimum atomic E-state index is -0.359. The molecule has 1 aliphatic rings. The van der Waals surface area contributed by atoms with E-state index in [4.69, 9.17) is 5.73 Å². The smallest absolute Gasteiger partial charge is 0.227 e. The molecule has 7 heteroatoms. The number of hydrogen-bond acceptors (Lipinski definition) is 3. The molecule has 0 aliphatic heterocycles. The van der Waals surface area contributed by atoms with E-state index in [9.17, 15) is 9.18 Å². The third kappa shape index (κ3) is 3.71. The molecule has 0 unspecified atom stereocenters. The van der Waals surface area contributed by atoms with E-state index >= 15 is 0 Å². The zero-order valence-electron chi connectivity index (χ0n) is 12.6. The van der Waals surface area contributed by atoms with Gasteiger partial charge in [-0.25, -0.2) is 9.07 Å². The maximum atomic E-state index is 13.7. The van der Waals surface area contributed by atoms with Crippen LogP contribution in [-0.2, 0) is 4.79 Å². The fraction of sp³-hybridized carbons (Fsp3) is 0.375. The highest BCUT2D eigenvalue weighted by Gasteiger charge is 2.32. The van der Waals surface area contributed by atoms with E-state index in [1.807, 2.05) is 0 Å². The Morgan fingerprint density at radius 3 is 2.91 bits per heavy atom. The molecule has 5 nitrogen and oxygen atoms in total. The molecule has 1 fully saturated rings. The second-order valence-electron chi connectivity index (χ2n) is 5.65. The van der Waals surface area contributed by atoms with E-state index in [1.54, 1.807) is 24.4 Å². The maximum absolute atomic E-state index is 13.7. The standard InChI is InChI=1S/C16H19FN4O.ClH/c17-14-6-1-2-7-15(14)21-10-12(9-19-21)20-16(22)13-5-3-4-11(13)8-18;/h1-2,6-7,9-11,13H,3-5,8,18H2,(H,20,22);1H/t11-,13-;/m1./s1. The van der Waals surface area contributed by atoms with Gasteiger partial charge < -0.3 is 11.1 Å². The molecule has 1 saturated carbocycles. The molecule has 0 radical (unpaired) electrons. The summed E-state index contributed by atoms with van der Waals surface area (Å²) in [6, 6.07) is 6.37. The monoisotopic (exact) mass is 338 g/mol. The highest BCUT2D eigenvalue weighted by atomic mass is 35.5. The Balaban J connectivity index is 0.00000192. The van der Waals surface area contributed by atoms with Gasteiger partial charge in [-0.2, -0.15) is 5.10 Å². The molecule has 3 rings (SSSR count). The van der Waals surface area contributed by atoms with Gasteiger partial charge in [0, 0.05) is 5.92 Å². The first-order valence-corrected chi connectivity index (χ1v) is 7.49. The van der Waals surface area contributed by atoms with Crippen LogP contribution in [0.4, 0.5) is 10.1 Å². The summed E-state index contributed by atoms with van der Waals surface area (Å²) in [6.45, 7) is 0.534. The molecular weight excluding hydrogens is 319 g/mol. The molecule has 0 bridgehead atoms. The summed E-state index contributed by atoms with van der Waals surface area (Å²) in [7, 11) is 0. The van der Waals surface area contributed by atoms with Gasteiger partial charge in [0.05, 0.1) is 18.1 Å². The lowest BCUT2D eigenvalue weighted by atomic mass is 9.95. The van der Waals surface area contributed by atoms with Crippen molar-refractivity contribution in [1.29, 1.82) is 0 Å². The highest BCUT2D eigenvalue weighted by Crippen LogP contribution is 2.31. The van der Waals surface area contributed by atoms with E-state index in [0.29, 0.717) is 17.9 Å². The molecule has 1 amide bonds. The van der Waals surface area contributed by atoms with Crippen LogP contribution >= 0.6 is 12.4 Å². The Morgan fingerprint density at radius 1 is 1.39 bits per heavy atom. The Hall–Kier alpha value is -1.92. The van der Waals surface area contributed by atoms with Crippen molar-refractivity contribution in [3.63, 3.8) is 0 Å². The second-order valence-corrected chi connectivity index (χ2v) is 5.65. The molecular formula is C16H20ClFN4O. The number of aromatic nitrogens is 2. The number of hydrogen-bond donors (Lipinski definition) is 2. The van der Waals surface area contributed by atoms with E-state index in [-0.39, 0.29) is 36.0 Å². The molecule has 2 atom stereocenters. The zero-order chi connectivity index (χ0) is 15.5. The van der Waals surface area contributed by atoms with Crippen LogP contribution in [0.5, 0.6) is 0 Å². The third-order valence-electron chi connectivity index (χ3n) is 4.25. The summed E-state index contributed by atoms with van der Waals surface area (Å²) in [6.07, 6.45) is 6.05. The predicted molar refractivity (Wildman–Crippen MR) is 89.3 cm³/mol. The third-order valence-corrected chi connectivity index (χ3v) is 4.25. The van der Waals surface area contributed by atoms with Crippen molar-refractivity contribution in [3.05, 3.63) is 42.5 Å². The Bertz CT molecular complexity index is 676. The molecule has 3 N–H and O–H groups in total. The van der Waals surface area contributed by atoms with Crippen LogP contribution in [0.15, 0.2) is 36.7 Å². The van der Waals surface area contributed by atoms with E-state index < -0.39 is 0 Å². The fourth-order valence-corrected chi connectivity index (χ4v) is 3.06. The number of halogens is 2. The van der Waals surface area contributed by atoms with Crippen LogP contribution in [0.1, 0.15) is 19.3 Å². The predicted octanol–water partition coefficient (Wildman–Crippen LogP) is 2.75. The fourth-order valence-electron chi connectivity index (χ4n) is 3.06. The number of rotatable bonds is 4. The number of carbonyl (C=O) groups is 1. The first kappa shape index (κ1) is 17.4. The summed E-state index contributed by atoms with van der Waals surface area (Å²) in [5.74, 6) is -0.174.